The fraction of sp³-hybridized carbons (Fsp3) is 0.500. The van der Waals surface area contributed by atoms with Gasteiger partial charge in [0, 0.05) is 51.7 Å². The van der Waals surface area contributed by atoms with E-state index in [9.17, 15) is 0 Å². The molecule has 0 amide bonds. The zero-order valence-electron chi connectivity index (χ0n) is 14.3. The monoisotopic (exact) mass is 314 g/mol. The topological polar surface area (TPSA) is 33.5 Å². The zero-order valence-corrected chi connectivity index (χ0v) is 14.3. The molecule has 5 nitrogen and oxygen atoms in total. The SMILES string of the molecule is COc1cccc(CN2CCN(Cc3nccn3C)[C@@H](C)C2)c1. The van der Waals surface area contributed by atoms with Crippen LogP contribution in [0.2, 0.25) is 0 Å². The van der Waals surface area contributed by atoms with Gasteiger partial charge in [0.25, 0.3) is 0 Å². The quantitative estimate of drug-likeness (QED) is 0.847. The number of piperazine rings is 1. The maximum absolute atomic E-state index is 5.32. The highest BCUT2D eigenvalue weighted by atomic mass is 16.5. The zero-order chi connectivity index (χ0) is 16.2. The van der Waals surface area contributed by atoms with Crippen LogP contribution in [-0.4, -0.2) is 52.1 Å². The van der Waals surface area contributed by atoms with Crippen molar-refractivity contribution >= 4 is 0 Å². The molecule has 1 aromatic heterocycles. The smallest absolute Gasteiger partial charge is 0.122 e. The molecule has 0 saturated carbocycles. The fourth-order valence-corrected chi connectivity index (χ4v) is 3.21. The van der Waals surface area contributed by atoms with Crippen LogP contribution in [0.25, 0.3) is 0 Å². The third-order valence-electron chi connectivity index (χ3n) is 4.66. The number of hydrogen-bond donors (Lipinski definition) is 0. The first-order chi connectivity index (χ1) is 11.2. The van der Waals surface area contributed by atoms with Gasteiger partial charge in [-0.2, -0.15) is 0 Å². The third-order valence-corrected chi connectivity index (χ3v) is 4.66. The highest BCUT2D eigenvalue weighted by Gasteiger charge is 2.24. The second-order valence-electron chi connectivity index (χ2n) is 6.36. The molecule has 1 aliphatic rings. The summed E-state index contributed by atoms with van der Waals surface area (Å²) in [5.41, 5.74) is 1.31. The van der Waals surface area contributed by atoms with Crippen LogP contribution in [0.4, 0.5) is 0 Å². The molecule has 0 unspecified atom stereocenters. The maximum atomic E-state index is 5.32. The van der Waals surface area contributed by atoms with Gasteiger partial charge >= 0.3 is 0 Å². The molecule has 1 aliphatic heterocycles. The van der Waals surface area contributed by atoms with Crippen LogP contribution in [0.3, 0.4) is 0 Å². The summed E-state index contributed by atoms with van der Waals surface area (Å²) in [5.74, 6) is 2.07. The van der Waals surface area contributed by atoms with E-state index < -0.39 is 0 Å². The summed E-state index contributed by atoms with van der Waals surface area (Å²) >= 11 is 0. The second-order valence-corrected chi connectivity index (χ2v) is 6.36. The molecule has 0 radical (unpaired) electrons. The Labute approximate surface area is 138 Å². The molecule has 124 valence electrons. The van der Waals surface area contributed by atoms with Gasteiger partial charge in [0.1, 0.15) is 11.6 Å². The van der Waals surface area contributed by atoms with E-state index >= 15 is 0 Å². The Bertz CT molecular complexity index is 639. The number of benzene rings is 1. The van der Waals surface area contributed by atoms with Crippen molar-refractivity contribution in [3.05, 3.63) is 48.0 Å². The Kier molecular flexibility index (Phi) is 4.98. The predicted molar refractivity (Wildman–Crippen MR) is 91.4 cm³/mol. The van der Waals surface area contributed by atoms with E-state index in [0.29, 0.717) is 6.04 Å². The van der Waals surface area contributed by atoms with Gasteiger partial charge in [-0.05, 0) is 24.6 Å². The molecular weight excluding hydrogens is 288 g/mol. The van der Waals surface area contributed by atoms with E-state index in [-0.39, 0.29) is 0 Å². The van der Waals surface area contributed by atoms with Crippen molar-refractivity contribution in [1.29, 1.82) is 0 Å². The lowest BCUT2D eigenvalue weighted by Gasteiger charge is -2.39. The van der Waals surface area contributed by atoms with Gasteiger partial charge in [0.2, 0.25) is 0 Å². The minimum Gasteiger partial charge on any atom is -0.497 e. The standard InChI is InChI=1S/C18H26N4O/c1-15-12-21(13-16-5-4-6-17(11-16)23-3)9-10-22(15)14-18-19-7-8-20(18)2/h4-8,11,15H,9-10,12-14H2,1-3H3/t15-/m0/s1. The highest BCUT2D eigenvalue weighted by molar-refractivity contribution is 5.28. The van der Waals surface area contributed by atoms with E-state index in [0.717, 1.165) is 44.3 Å². The second kappa shape index (κ2) is 7.15. The normalized spacial score (nSPS) is 19.9. The van der Waals surface area contributed by atoms with Crippen LogP contribution in [0.15, 0.2) is 36.7 Å². The van der Waals surface area contributed by atoms with Crippen molar-refractivity contribution in [3.63, 3.8) is 0 Å². The number of aromatic nitrogens is 2. The molecule has 23 heavy (non-hydrogen) atoms. The number of methoxy groups -OCH3 is 1. The average Bonchev–Trinajstić information content (AvgIpc) is 2.95. The number of rotatable bonds is 5. The summed E-state index contributed by atoms with van der Waals surface area (Å²) in [6, 6.07) is 8.90. The number of ether oxygens (including phenoxy) is 1. The summed E-state index contributed by atoms with van der Waals surface area (Å²) in [6.07, 6.45) is 3.89. The Morgan fingerprint density at radius 3 is 2.83 bits per heavy atom. The molecular formula is C18H26N4O. The fourth-order valence-electron chi connectivity index (χ4n) is 3.21. The van der Waals surface area contributed by atoms with E-state index in [2.05, 4.69) is 51.5 Å². The minimum atomic E-state index is 0.533. The van der Waals surface area contributed by atoms with Gasteiger partial charge in [0.05, 0.1) is 13.7 Å². The molecule has 0 N–H and O–H groups in total. The van der Waals surface area contributed by atoms with Crippen LogP contribution in [0.5, 0.6) is 5.75 Å². The van der Waals surface area contributed by atoms with E-state index in [1.165, 1.54) is 5.56 Å². The van der Waals surface area contributed by atoms with Gasteiger partial charge in [-0.1, -0.05) is 12.1 Å². The molecule has 1 saturated heterocycles. The molecule has 2 heterocycles. The largest absolute Gasteiger partial charge is 0.497 e. The molecule has 3 rings (SSSR count). The Hall–Kier alpha value is -1.85. The van der Waals surface area contributed by atoms with Gasteiger partial charge in [-0.3, -0.25) is 9.80 Å². The van der Waals surface area contributed by atoms with Crippen LogP contribution >= 0.6 is 0 Å². The summed E-state index contributed by atoms with van der Waals surface area (Å²) < 4.78 is 7.42. The lowest BCUT2D eigenvalue weighted by molar-refractivity contribution is 0.0707. The van der Waals surface area contributed by atoms with Gasteiger partial charge in [-0.15, -0.1) is 0 Å². The molecule has 2 aromatic rings. The van der Waals surface area contributed by atoms with Crippen LogP contribution in [0, 0.1) is 0 Å². The molecule has 0 bridgehead atoms. The Morgan fingerprint density at radius 2 is 2.13 bits per heavy atom. The van der Waals surface area contributed by atoms with Gasteiger partial charge in [-0.25, -0.2) is 4.98 Å². The molecule has 1 atom stereocenters. The molecule has 5 heteroatoms. The maximum Gasteiger partial charge on any atom is 0.122 e. The highest BCUT2D eigenvalue weighted by Crippen LogP contribution is 2.18. The van der Waals surface area contributed by atoms with E-state index in [1.807, 2.05) is 18.5 Å². The first-order valence-electron chi connectivity index (χ1n) is 8.21. The van der Waals surface area contributed by atoms with Gasteiger partial charge in [0.15, 0.2) is 0 Å². The summed E-state index contributed by atoms with van der Waals surface area (Å²) in [7, 11) is 3.78. The van der Waals surface area contributed by atoms with Crippen molar-refractivity contribution in [2.75, 3.05) is 26.7 Å². The van der Waals surface area contributed by atoms with Crippen molar-refractivity contribution in [3.8, 4) is 5.75 Å². The van der Waals surface area contributed by atoms with Crippen molar-refractivity contribution in [2.24, 2.45) is 7.05 Å². The molecule has 1 aromatic carbocycles. The summed E-state index contributed by atoms with van der Waals surface area (Å²) in [6.45, 7) is 7.47. The summed E-state index contributed by atoms with van der Waals surface area (Å²) in [5, 5.41) is 0. The van der Waals surface area contributed by atoms with Gasteiger partial charge < -0.3 is 9.30 Å². The first kappa shape index (κ1) is 16.0. The van der Waals surface area contributed by atoms with E-state index in [4.69, 9.17) is 4.74 Å². The number of hydrogen-bond acceptors (Lipinski definition) is 4. The Morgan fingerprint density at radius 1 is 1.26 bits per heavy atom. The van der Waals surface area contributed by atoms with Crippen LogP contribution < -0.4 is 4.74 Å². The average molecular weight is 314 g/mol. The number of aryl methyl sites for hydroxylation is 1. The molecule has 0 aliphatic carbocycles. The van der Waals surface area contributed by atoms with Crippen molar-refractivity contribution in [1.82, 2.24) is 19.4 Å². The van der Waals surface area contributed by atoms with Crippen LogP contribution in [0.1, 0.15) is 18.3 Å². The lowest BCUT2D eigenvalue weighted by Crippen LogP contribution is -2.51. The van der Waals surface area contributed by atoms with Crippen molar-refractivity contribution < 1.29 is 4.74 Å². The van der Waals surface area contributed by atoms with E-state index in [1.54, 1.807) is 7.11 Å². The Balaban J connectivity index is 1.56. The van der Waals surface area contributed by atoms with Crippen molar-refractivity contribution in [2.45, 2.75) is 26.1 Å². The molecule has 1 fully saturated rings. The predicted octanol–water partition coefficient (Wildman–Crippen LogP) is 2.13. The molecule has 0 spiro atoms. The number of imidazole rings is 1. The lowest BCUT2D eigenvalue weighted by atomic mass is 10.1. The summed E-state index contributed by atoms with van der Waals surface area (Å²) in [4.78, 5) is 9.48. The number of nitrogens with zero attached hydrogens (tertiary/aromatic N) is 4. The first-order valence-corrected chi connectivity index (χ1v) is 8.21. The van der Waals surface area contributed by atoms with Crippen LogP contribution in [-0.2, 0) is 20.1 Å². The minimum absolute atomic E-state index is 0.533. The third kappa shape index (κ3) is 3.92.